The molecule has 1 fully saturated rings. The lowest BCUT2D eigenvalue weighted by Gasteiger charge is -2.27. The maximum absolute atomic E-state index is 9.37. The molecular formula is C14H23N5O. The fraction of sp³-hybridized carbons (Fsp3) is 0.714. The van der Waals surface area contributed by atoms with Crippen LogP contribution in [0, 0.1) is 18.3 Å². The summed E-state index contributed by atoms with van der Waals surface area (Å²) in [7, 11) is 3.59. The van der Waals surface area contributed by atoms with Gasteiger partial charge in [0.25, 0.3) is 0 Å². The first kappa shape index (κ1) is 14.8. The second-order valence-corrected chi connectivity index (χ2v) is 5.25. The number of aromatic nitrogens is 2. The van der Waals surface area contributed by atoms with Crippen molar-refractivity contribution in [3.8, 4) is 6.07 Å². The number of methoxy groups -OCH3 is 1. The second kappa shape index (κ2) is 6.73. The predicted molar refractivity (Wildman–Crippen MR) is 77.8 cm³/mol. The van der Waals surface area contributed by atoms with E-state index in [0.29, 0.717) is 18.2 Å². The van der Waals surface area contributed by atoms with E-state index in [2.05, 4.69) is 21.4 Å². The summed E-state index contributed by atoms with van der Waals surface area (Å²) in [6.07, 6.45) is 2.40. The first-order valence-electron chi connectivity index (χ1n) is 7.08. The van der Waals surface area contributed by atoms with Gasteiger partial charge in [-0.1, -0.05) is 0 Å². The Morgan fingerprint density at radius 3 is 3.00 bits per heavy atom. The molecule has 1 atom stereocenters. The Morgan fingerprint density at radius 1 is 1.60 bits per heavy atom. The van der Waals surface area contributed by atoms with Crippen molar-refractivity contribution >= 4 is 5.82 Å². The number of nitrogens with one attached hydrogen (secondary N) is 1. The number of aryl methyl sites for hydroxylation is 2. The summed E-state index contributed by atoms with van der Waals surface area (Å²) < 4.78 is 7.01. The van der Waals surface area contributed by atoms with Crippen LogP contribution in [0.5, 0.6) is 0 Å². The van der Waals surface area contributed by atoms with Crippen molar-refractivity contribution in [2.45, 2.75) is 25.8 Å². The van der Waals surface area contributed by atoms with Gasteiger partial charge in [0.15, 0.2) is 0 Å². The lowest BCUT2D eigenvalue weighted by atomic mass is 10.2. The third-order valence-corrected chi connectivity index (χ3v) is 3.77. The van der Waals surface area contributed by atoms with Gasteiger partial charge in [-0.3, -0.25) is 4.68 Å². The van der Waals surface area contributed by atoms with Crippen molar-refractivity contribution < 1.29 is 4.74 Å². The standard InChI is InChI=1S/C14H23N5O/c1-11-13(9-15)14(18(2)17-11)19(7-8-20-3)10-12-5-4-6-16-12/h12,16H,4-8,10H2,1-3H3. The molecule has 1 aliphatic rings. The van der Waals surface area contributed by atoms with E-state index in [1.165, 1.54) is 12.8 Å². The minimum Gasteiger partial charge on any atom is -0.383 e. The normalized spacial score (nSPS) is 18.2. The molecule has 6 heteroatoms. The van der Waals surface area contributed by atoms with E-state index in [-0.39, 0.29) is 0 Å². The molecule has 0 amide bonds. The van der Waals surface area contributed by atoms with Crippen molar-refractivity contribution in [3.05, 3.63) is 11.3 Å². The van der Waals surface area contributed by atoms with E-state index in [9.17, 15) is 5.26 Å². The Labute approximate surface area is 120 Å². The Morgan fingerprint density at radius 2 is 2.40 bits per heavy atom. The molecule has 110 valence electrons. The molecule has 0 saturated carbocycles. The highest BCUT2D eigenvalue weighted by atomic mass is 16.5. The molecule has 1 aliphatic heterocycles. The van der Waals surface area contributed by atoms with E-state index in [1.54, 1.807) is 11.8 Å². The topological polar surface area (TPSA) is 66.1 Å². The molecule has 0 aliphatic carbocycles. The number of hydrogen-bond donors (Lipinski definition) is 1. The van der Waals surface area contributed by atoms with Crippen LogP contribution in [0.1, 0.15) is 24.1 Å². The molecule has 0 radical (unpaired) electrons. The summed E-state index contributed by atoms with van der Waals surface area (Å²) in [6, 6.07) is 2.76. The highest BCUT2D eigenvalue weighted by Crippen LogP contribution is 2.23. The maximum Gasteiger partial charge on any atom is 0.145 e. The molecule has 0 aromatic carbocycles. The van der Waals surface area contributed by atoms with Crippen molar-refractivity contribution in [2.75, 3.05) is 38.3 Å². The highest BCUT2D eigenvalue weighted by Gasteiger charge is 2.23. The molecule has 1 aromatic rings. The van der Waals surface area contributed by atoms with Gasteiger partial charge in [-0.15, -0.1) is 0 Å². The van der Waals surface area contributed by atoms with E-state index >= 15 is 0 Å². The second-order valence-electron chi connectivity index (χ2n) is 5.25. The number of nitriles is 1. The largest absolute Gasteiger partial charge is 0.383 e. The zero-order valence-electron chi connectivity index (χ0n) is 12.5. The van der Waals surface area contributed by atoms with Crippen LogP contribution >= 0.6 is 0 Å². The molecule has 6 nitrogen and oxygen atoms in total. The molecule has 1 aromatic heterocycles. The van der Waals surface area contributed by atoms with Gasteiger partial charge in [-0.2, -0.15) is 10.4 Å². The van der Waals surface area contributed by atoms with Crippen molar-refractivity contribution in [1.82, 2.24) is 15.1 Å². The average molecular weight is 277 g/mol. The zero-order chi connectivity index (χ0) is 14.5. The van der Waals surface area contributed by atoms with Crippen molar-refractivity contribution in [3.63, 3.8) is 0 Å². The Bertz CT molecular complexity index is 484. The molecule has 20 heavy (non-hydrogen) atoms. The van der Waals surface area contributed by atoms with Crippen LogP contribution in [-0.2, 0) is 11.8 Å². The van der Waals surface area contributed by atoms with Crippen LogP contribution in [-0.4, -0.2) is 49.2 Å². The summed E-state index contributed by atoms with van der Waals surface area (Å²) >= 11 is 0. The van der Waals surface area contributed by atoms with Crippen LogP contribution in [0.25, 0.3) is 0 Å². The molecule has 1 saturated heterocycles. The van der Waals surface area contributed by atoms with Gasteiger partial charge in [0.1, 0.15) is 17.5 Å². The van der Waals surface area contributed by atoms with Crippen LogP contribution < -0.4 is 10.2 Å². The SMILES string of the molecule is COCCN(CC1CCCN1)c1c(C#N)c(C)nn1C. The van der Waals surface area contributed by atoms with E-state index in [0.717, 1.165) is 31.1 Å². The van der Waals surface area contributed by atoms with Gasteiger partial charge in [-0.25, -0.2) is 0 Å². The fourth-order valence-electron chi connectivity index (χ4n) is 2.80. The van der Waals surface area contributed by atoms with Crippen molar-refractivity contribution in [2.24, 2.45) is 7.05 Å². The zero-order valence-corrected chi connectivity index (χ0v) is 12.5. The molecule has 0 spiro atoms. The van der Waals surface area contributed by atoms with Crippen LogP contribution in [0.2, 0.25) is 0 Å². The Hall–Kier alpha value is -1.58. The highest BCUT2D eigenvalue weighted by molar-refractivity contribution is 5.57. The number of rotatable bonds is 6. The summed E-state index contributed by atoms with van der Waals surface area (Å²) in [5.74, 6) is 0.899. The predicted octanol–water partition coefficient (Wildman–Crippen LogP) is 0.805. The number of ether oxygens (including phenoxy) is 1. The van der Waals surface area contributed by atoms with E-state index in [4.69, 9.17) is 4.74 Å². The molecule has 1 N–H and O–H groups in total. The summed E-state index contributed by atoms with van der Waals surface area (Å²) in [4.78, 5) is 2.21. The summed E-state index contributed by atoms with van der Waals surface area (Å²) in [5, 5.41) is 17.2. The Balaban J connectivity index is 2.23. The first-order valence-corrected chi connectivity index (χ1v) is 7.08. The quantitative estimate of drug-likeness (QED) is 0.833. The molecular weight excluding hydrogens is 254 g/mol. The average Bonchev–Trinajstić information content (AvgIpc) is 3.02. The fourth-order valence-corrected chi connectivity index (χ4v) is 2.80. The molecule has 1 unspecified atom stereocenters. The smallest absolute Gasteiger partial charge is 0.145 e. The molecule has 2 heterocycles. The third kappa shape index (κ3) is 3.11. The minimum atomic E-state index is 0.480. The van der Waals surface area contributed by atoms with Crippen LogP contribution in [0.15, 0.2) is 0 Å². The van der Waals surface area contributed by atoms with Crippen LogP contribution in [0.3, 0.4) is 0 Å². The number of hydrogen-bond acceptors (Lipinski definition) is 5. The van der Waals surface area contributed by atoms with Gasteiger partial charge in [-0.05, 0) is 26.3 Å². The summed E-state index contributed by atoms with van der Waals surface area (Å²) in [5.41, 5.74) is 1.45. The Kier molecular flexibility index (Phi) is 4.99. The van der Waals surface area contributed by atoms with Gasteiger partial charge in [0.2, 0.25) is 0 Å². The lowest BCUT2D eigenvalue weighted by molar-refractivity contribution is 0.204. The van der Waals surface area contributed by atoms with Gasteiger partial charge in [0, 0.05) is 33.3 Å². The number of nitrogens with zero attached hydrogens (tertiary/aromatic N) is 4. The molecule has 0 bridgehead atoms. The lowest BCUT2D eigenvalue weighted by Crippen LogP contribution is -2.40. The first-order chi connectivity index (χ1) is 9.67. The van der Waals surface area contributed by atoms with Crippen LogP contribution in [0.4, 0.5) is 5.82 Å². The summed E-state index contributed by atoms with van der Waals surface area (Å²) in [6.45, 7) is 5.25. The van der Waals surface area contributed by atoms with E-state index < -0.39 is 0 Å². The van der Waals surface area contributed by atoms with E-state index in [1.807, 2.05) is 14.0 Å². The number of anilines is 1. The van der Waals surface area contributed by atoms with Gasteiger partial charge < -0.3 is 15.0 Å². The molecule has 2 rings (SSSR count). The minimum absolute atomic E-state index is 0.480. The third-order valence-electron chi connectivity index (χ3n) is 3.77. The maximum atomic E-state index is 9.37. The monoisotopic (exact) mass is 277 g/mol. The van der Waals surface area contributed by atoms with Crippen molar-refractivity contribution in [1.29, 1.82) is 5.26 Å². The van der Waals surface area contributed by atoms with Gasteiger partial charge >= 0.3 is 0 Å². The van der Waals surface area contributed by atoms with Gasteiger partial charge in [0.05, 0.1) is 12.3 Å².